The average Bonchev–Trinajstić information content (AvgIpc) is 0.767. The topological polar surface area (TPSA) is 838 Å². The highest BCUT2D eigenvalue weighted by atomic mass is 16.8. The smallest absolute Gasteiger partial charge is 0.217 e. The van der Waals surface area contributed by atoms with Crippen molar-refractivity contribution in [2.75, 3.05) is 59.5 Å². The number of nitrogens with one attached hydrogen (secondary N) is 4. The molecule has 1 unspecified atom stereocenters. The predicted molar refractivity (Wildman–Crippen MR) is 375 cm³/mol. The monoisotopic (exact) mass is 1790 g/mol. The fraction of sp³-hybridized carbons (Fsp3) is 0.941. The van der Waals surface area contributed by atoms with Crippen LogP contribution in [0, 0.1) is 0 Å². The van der Waals surface area contributed by atoms with Gasteiger partial charge in [-0.05, 0) is 6.92 Å². The van der Waals surface area contributed by atoms with E-state index >= 15 is 0 Å². The molecule has 54 heteroatoms. The summed E-state index contributed by atoms with van der Waals surface area (Å²) >= 11 is 0. The van der Waals surface area contributed by atoms with Crippen molar-refractivity contribution in [3.63, 3.8) is 0 Å². The maximum Gasteiger partial charge on any atom is 0.217 e. The minimum Gasteiger partial charge on any atom is -0.394 e. The molecule has 10 aliphatic heterocycles. The van der Waals surface area contributed by atoms with Crippen molar-refractivity contribution in [3.05, 3.63) is 0 Å². The normalized spacial score (nSPS) is 49.7. The van der Waals surface area contributed by atoms with E-state index in [0.717, 1.165) is 27.7 Å². The van der Waals surface area contributed by atoms with Crippen molar-refractivity contribution >= 4 is 23.6 Å². The van der Waals surface area contributed by atoms with Crippen LogP contribution in [0.1, 0.15) is 34.6 Å². The van der Waals surface area contributed by atoms with Gasteiger partial charge in [-0.1, -0.05) is 0 Å². The Balaban J connectivity index is 0.970. The molecule has 0 bridgehead atoms. The van der Waals surface area contributed by atoms with Crippen molar-refractivity contribution in [1.29, 1.82) is 0 Å². The van der Waals surface area contributed by atoms with Crippen molar-refractivity contribution in [2.45, 2.75) is 341 Å². The van der Waals surface area contributed by atoms with Gasteiger partial charge >= 0.3 is 0 Å². The van der Waals surface area contributed by atoms with E-state index < -0.39 is 390 Å². The number of amides is 4. The Labute approximate surface area is 691 Å². The number of hydrogen-bond donors (Lipinski definition) is 31. The Kier molecular flexibility index (Phi) is 35.8. The Hall–Kier alpha value is -3.96. The summed E-state index contributed by atoms with van der Waals surface area (Å²) in [5.74, 6) is -3.69. The molecule has 122 heavy (non-hydrogen) atoms. The fourth-order valence-corrected chi connectivity index (χ4v) is 15.7. The highest BCUT2D eigenvalue weighted by Gasteiger charge is 2.61. The number of carbonyl (C=O) groups excluding carboxylic acids is 4. The first kappa shape index (κ1) is 100. The molecular weight excluding hydrogens is 1670 g/mol. The van der Waals surface area contributed by atoms with Gasteiger partial charge in [0.2, 0.25) is 23.6 Å². The molecule has 0 aromatic rings. The molecule has 0 radical (unpaired) electrons. The molecule has 0 saturated carbocycles. The van der Waals surface area contributed by atoms with E-state index in [2.05, 4.69) is 21.3 Å². The molecule has 0 spiro atoms. The summed E-state index contributed by atoms with van der Waals surface area (Å²) in [6.07, 6.45) is -94.1. The molecule has 10 aliphatic rings. The summed E-state index contributed by atoms with van der Waals surface area (Å²) in [6.45, 7) is -4.55. The second-order valence-electron chi connectivity index (χ2n) is 31.0. The minimum atomic E-state index is -2.52. The van der Waals surface area contributed by atoms with Gasteiger partial charge in [-0.3, -0.25) is 19.2 Å². The number of ether oxygens (including phenoxy) is 19. The second kappa shape index (κ2) is 43.6. The van der Waals surface area contributed by atoms with Crippen LogP contribution in [0.5, 0.6) is 0 Å². The van der Waals surface area contributed by atoms with Gasteiger partial charge in [-0.15, -0.1) is 0 Å². The Morgan fingerprint density at radius 1 is 0.230 bits per heavy atom. The molecule has 4 amide bonds. The molecule has 706 valence electrons. The van der Waals surface area contributed by atoms with Crippen molar-refractivity contribution in [1.82, 2.24) is 21.3 Å². The molecule has 54 nitrogen and oxygen atoms in total. The molecule has 10 saturated heterocycles. The lowest BCUT2D eigenvalue weighted by molar-refractivity contribution is -0.390. The summed E-state index contributed by atoms with van der Waals surface area (Å²) < 4.78 is 112. The summed E-state index contributed by atoms with van der Waals surface area (Å²) in [6, 6.07) is -7.54. The first-order valence-corrected chi connectivity index (χ1v) is 39.0. The standard InChI is InChI=1S/C68H114N4O50/c1-15-33(83)43(93)48(98)63(107-15)105-14-28-56(39(89)29(59(103)108-28)69-16(2)79)117-61-31(71-18(4)81)41(91)55(25(11-78)113-61)120-67-52(102)57(121-66-51(101)46(96)36(86)22(8-75)111-66)38(88)27(115-67)13-106-68-58(122-62-32(72-19(5)82)42(92)54(24(10-77)114-62)119-65-50(100)45(95)35(85)21(7-74)110-65)47(97)37(87)26(116-68)12-104-60-30(70-17(3)80)40(90)53(23(9-76)112-60)118-64-49(99)44(94)34(84)20(6-73)109-64/h15,20-68,73-78,83-103H,6-14H2,1-5H3,(H,69,79)(H,70,80)(H,71,81)(H,72,82)/t15-,20+,21+,22+,23+,24+,25+,26+,27+,28+,29+,30+,31+,32+,33+,34-,35-,36+,37+,38+,39+,40+,41+,42+,43+,44-,45-,46-,47-,48-,49+,50+,51-,52-,53+,54+,55+,56+,57-,58-,59?,60+,61-,62-,63+,64-,65-,66+,67-,68-/m0/s1. The van der Waals surface area contributed by atoms with Crippen LogP contribution in [0.2, 0.25) is 0 Å². The van der Waals surface area contributed by atoms with E-state index in [4.69, 9.17) is 90.0 Å². The van der Waals surface area contributed by atoms with Gasteiger partial charge in [0, 0.05) is 27.7 Å². The second-order valence-corrected chi connectivity index (χ2v) is 31.0. The van der Waals surface area contributed by atoms with E-state index in [-0.39, 0.29) is 0 Å². The predicted octanol–water partition coefficient (Wildman–Crippen LogP) is -21.2. The van der Waals surface area contributed by atoms with Crippen LogP contribution in [0.4, 0.5) is 0 Å². The molecule has 10 fully saturated rings. The Bertz CT molecular complexity index is 3280. The van der Waals surface area contributed by atoms with Crippen LogP contribution in [-0.2, 0) is 109 Å². The first-order valence-electron chi connectivity index (χ1n) is 39.0. The number of aliphatic hydroxyl groups excluding tert-OH is 27. The third-order valence-corrected chi connectivity index (χ3v) is 22.4. The van der Waals surface area contributed by atoms with Crippen LogP contribution >= 0.6 is 0 Å². The zero-order valence-corrected chi connectivity index (χ0v) is 65.7. The zero-order chi connectivity index (χ0) is 89.8. The minimum absolute atomic E-state index is 0.836. The molecule has 0 aliphatic carbocycles. The lowest BCUT2D eigenvalue weighted by Gasteiger charge is -2.50. The van der Waals surface area contributed by atoms with Crippen molar-refractivity contribution < 1.29 is 247 Å². The van der Waals surface area contributed by atoms with E-state index in [0.29, 0.717) is 0 Å². The average molecular weight is 1790 g/mol. The van der Waals surface area contributed by atoms with Crippen LogP contribution in [0.15, 0.2) is 0 Å². The van der Waals surface area contributed by atoms with Crippen LogP contribution in [0.25, 0.3) is 0 Å². The number of rotatable bonds is 31. The fourth-order valence-electron chi connectivity index (χ4n) is 15.7. The van der Waals surface area contributed by atoms with E-state index in [9.17, 15) is 157 Å². The largest absolute Gasteiger partial charge is 0.394 e. The highest BCUT2D eigenvalue weighted by Crippen LogP contribution is 2.40. The van der Waals surface area contributed by atoms with Gasteiger partial charge in [-0.2, -0.15) is 0 Å². The quantitative estimate of drug-likeness (QED) is 0.0306. The molecule has 0 aromatic carbocycles. The van der Waals surface area contributed by atoms with E-state index in [1.807, 2.05) is 0 Å². The molecule has 0 aromatic heterocycles. The maximum absolute atomic E-state index is 13.2. The van der Waals surface area contributed by atoms with Gasteiger partial charge in [0.15, 0.2) is 62.9 Å². The van der Waals surface area contributed by atoms with E-state index in [1.54, 1.807) is 0 Å². The zero-order valence-electron chi connectivity index (χ0n) is 65.7. The van der Waals surface area contributed by atoms with Gasteiger partial charge in [0.25, 0.3) is 0 Å². The molecular formula is C68H114N4O50. The van der Waals surface area contributed by atoms with Gasteiger partial charge in [-0.25, -0.2) is 0 Å². The SMILES string of the molecule is CC(=O)N[C@H]1[C@H](O[C@H]2[C@H](O)[C@@H](NC(C)=O)C(O)O[C@@H]2CO[C@@H]2O[C@@H](C)[C@@H](O)[C@@H](O)[C@@H]2O)O[C@H](CO)[C@@H](O[C@@H]2O[C@H](CO[C@H]3O[C@H](CO[C@@H]4O[C@H](CO)[C@@H](O[C@@H]5O[C@H](CO)[C@H](O)[C@H](O)[C@H]5O)[C@H](O)[C@H]4NC(C)=O)[C@@H](O)[C@H](O)[C@@H]3O[C@@H]3O[C@H](CO)[C@@H](O[C@@H]4O[C@H](CO)[C@H](O)[C@H](O)[C@H]4O)[C@H](O)[C@H]3NC(C)=O)[C@@H](O)[C@H](O[C@H]3O[C@H](CO)[C@@H](O)[C@H](O)[C@@H]3O)[C@@H]2O)[C@@H]1O. The van der Waals surface area contributed by atoms with Gasteiger partial charge in [0.1, 0.15) is 238 Å². The van der Waals surface area contributed by atoms with Gasteiger partial charge in [0.05, 0.1) is 65.6 Å². The maximum atomic E-state index is 13.2. The molecule has 50 atom stereocenters. The summed E-state index contributed by atoms with van der Waals surface area (Å²) in [4.78, 5) is 51.5. The molecule has 10 rings (SSSR count). The third kappa shape index (κ3) is 22.2. The lowest BCUT2D eigenvalue weighted by atomic mass is 9.93. The Morgan fingerprint density at radius 3 is 0.910 bits per heavy atom. The number of aliphatic hydroxyl groups is 27. The highest BCUT2D eigenvalue weighted by molar-refractivity contribution is 5.74. The van der Waals surface area contributed by atoms with Crippen molar-refractivity contribution in [3.8, 4) is 0 Å². The lowest BCUT2D eigenvalue weighted by Crippen LogP contribution is -2.70. The van der Waals surface area contributed by atoms with Gasteiger partial charge < -0.3 is 249 Å². The number of hydrogen-bond acceptors (Lipinski definition) is 50. The summed E-state index contributed by atoms with van der Waals surface area (Å²) in [5.41, 5.74) is 0. The van der Waals surface area contributed by atoms with Crippen molar-refractivity contribution in [2.24, 2.45) is 0 Å². The summed E-state index contributed by atoms with van der Waals surface area (Å²) in [7, 11) is 0. The van der Waals surface area contributed by atoms with Crippen LogP contribution in [-0.4, -0.2) is 528 Å². The van der Waals surface area contributed by atoms with Crippen LogP contribution in [0.3, 0.4) is 0 Å². The number of carbonyl (C=O) groups is 4. The summed E-state index contributed by atoms with van der Waals surface area (Å²) in [5, 5.41) is 309. The first-order chi connectivity index (χ1) is 57.6. The van der Waals surface area contributed by atoms with E-state index in [1.165, 1.54) is 6.92 Å². The van der Waals surface area contributed by atoms with Crippen LogP contribution < -0.4 is 21.3 Å². The molecule has 31 N–H and O–H groups in total. The third-order valence-electron chi connectivity index (χ3n) is 22.4. The molecule has 10 heterocycles. The Morgan fingerprint density at radius 2 is 0.500 bits per heavy atom.